The second-order valence-electron chi connectivity index (χ2n) is 5.71. The summed E-state index contributed by atoms with van der Waals surface area (Å²) in [6.45, 7) is 5.92. The van der Waals surface area contributed by atoms with Gasteiger partial charge in [-0.2, -0.15) is 5.10 Å². The molecule has 0 spiro atoms. The monoisotopic (exact) mass is 332 g/mol. The predicted molar refractivity (Wildman–Crippen MR) is 94.7 cm³/mol. The van der Waals surface area contributed by atoms with E-state index in [4.69, 9.17) is 17.3 Å². The molecule has 5 nitrogen and oxygen atoms in total. The number of nitrogens with two attached hydrogens (primary N) is 1. The summed E-state index contributed by atoms with van der Waals surface area (Å²) < 4.78 is 0. The smallest absolute Gasteiger partial charge is 0.257 e. The Hall–Kier alpha value is -1.98. The van der Waals surface area contributed by atoms with Crippen LogP contribution in [0, 0.1) is 12.8 Å². The van der Waals surface area contributed by atoms with Gasteiger partial charge in [-0.1, -0.05) is 44.0 Å². The first-order chi connectivity index (χ1) is 10.9. The molecule has 0 radical (unpaired) electrons. The highest BCUT2D eigenvalue weighted by molar-refractivity contribution is 6.32. The lowest BCUT2D eigenvalue weighted by atomic mass is 10.00. The van der Waals surface area contributed by atoms with Crippen LogP contribution in [0.1, 0.15) is 31.4 Å². The zero-order valence-corrected chi connectivity index (χ0v) is 14.3. The molecule has 6 heteroatoms. The molecule has 0 saturated heterocycles. The van der Waals surface area contributed by atoms with Crippen molar-refractivity contribution < 1.29 is 4.79 Å². The molecule has 1 aromatic carbocycles. The van der Waals surface area contributed by atoms with Crippen molar-refractivity contribution in [2.75, 3.05) is 0 Å². The SMILES string of the molecule is CCC(C)C(N)C(=O)NN=Cc1cc2ccc(C)cc2nc1Cl. The molecule has 0 fully saturated rings. The van der Waals surface area contributed by atoms with Gasteiger partial charge in [0.1, 0.15) is 5.15 Å². The Morgan fingerprint density at radius 3 is 2.91 bits per heavy atom. The number of hydrogen-bond donors (Lipinski definition) is 2. The van der Waals surface area contributed by atoms with Crippen LogP contribution in [-0.4, -0.2) is 23.1 Å². The molecular weight excluding hydrogens is 312 g/mol. The minimum atomic E-state index is -0.578. The summed E-state index contributed by atoms with van der Waals surface area (Å²) in [5.74, 6) is -0.213. The van der Waals surface area contributed by atoms with E-state index in [-0.39, 0.29) is 11.8 Å². The molecule has 2 atom stereocenters. The Bertz CT molecular complexity index is 745. The number of fused-ring (bicyclic) bond motifs is 1. The lowest BCUT2D eigenvalue weighted by molar-refractivity contribution is -0.123. The highest BCUT2D eigenvalue weighted by atomic mass is 35.5. The standard InChI is InChI=1S/C17H21ClN4O/c1-4-11(3)15(19)17(23)22-20-9-13-8-12-6-5-10(2)7-14(12)21-16(13)18/h5-9,11,15H,4,19H2,1-3H3,(H,22,23). The summed E-state index contributed by atoms with van der Waals surface area (Å²) in [6, 6.07) is 7.25. The normalized spacial score (nSPS) is 14.1. The second-order valence-corrected chi connectivity index (χ2v) is 6.07. The molecule has 0 saturated carbocycles. The van der Waals surface area contributed by atoms with Crippen LogP contribution in [0.15, 0.2) is 29.4 Å². The van der Waals surface area contributed by atoms with Crippen LogP contribution in [0.5, 0.6) is 0 Å². The molecule has 0 aliphatic carbocycles. The van der Waals surface area contributed by atoms with Gasteiger partial charge >= 0.3 is 0 Å². The molecule has 23 heavy (non-hydrogen) atoms. The fourth-order valence-corrected chi connectivity index (χ4v) is 2.31. The van der Waals surface area contributed by atoms with Crippen molar-refractivity contribution >= 4 is 34.6 Å². The summed E-state index contributed by atoms with van der Waals surface area (Å²) in [6.07, 6.45) is 2.31. The number of hydrogen-bond acceptors (Lipinski definition) is 4. The number of rotatable bonds is 5. The molecule has 1 amide bonds. The van der Waals surface area contributed by atoms with E-state index >= 15 is 0 Å². The lowest BCUT2D eigenvalue weighted by Gasteiger charge is -2.15. The summed E-state index contributed by atoms with van der Waals surface area (Å²) in [7, 11) is 0. The maximum absolute atomic E-state index is 11.9. The summed E-state index contributed by atoms with van der Waals surface area (Å²) >= 11 is 6.17. The van der Waals surface area contributed by atoms with E-state index in [1.54, 1.807) is 0 Å². The minimum Gasteiger partial charge on any atom is -0.320 e. The van der Waals surface area contributed by atoms with Crippen molar-refractivity contribution in [1.82, 2.24) is 10.4 Å². The number of carbonyl (C=O) groups is 1. The van der Waals surface area contributed by atoms with E-state index in [2.05, 4.69) is 15.5 Å². The number of carbonyl (C=O) groups excluding carboxylic acids is 1. The fourth-order valence-electron chi connectivity index (χ4n) is 2.11. The highest BCUT2D eigenvalue weighted by Crippen LogP contribution is 2.20. The van der Waals surface area contributed by atoms with E-state index in [1.807, 2.05) is 45.0 Å². The van der Waals surface area contributed by atoms with Crippen molar-refractivity contribution in [1.29, 1.82) is 0 Å². The van der Waals surface area contributed by atoms with Gasteiger partial charge < -0.3 is 5.73 Å². The van der Waals surface area contributed by atoms with Crippen LogP contribution >= 0.6 is 11.6 Å². The number of halogens is 1. The first-order valence-electron chi connectivity index (χ1n) is 7.57. The summed E-state index contributed by atoms with van der Waals surface area (Å²) in [5, 5.41) is 5.24. The molecule has 0 aliphatic rings. The number of aromatic nitrogens is 1. The van der Waals surface area contributed by atoms with Gasteiger partial charge in [0.05, 0.1) is 17.8 Å². The van der Waals surface area contributed by atoms with E-state index in [0.717, 1.165) is 22.9 Å². The zero-order chi connectivity index (χ0) is 17.0. The van der Waals surface area contributed by atoms with Gasteiger partial charge in [0.25, 0.3) is 5.91 Å². The molecular formula is C17H21ClN4O. The second kappa shape index (κ2) is 7.53. The molecule has 1 aromatic heterocycles. The largest absolute Gasteiger partial charge is 0.320 e. The Morgan fingerprint density at radius 1 is 1.48 bits per heavy atom. The summed E-state index contributed by atoms with van der Waals surface area (Å²) in [5.41, 5.74) is 10.9. The lowest BCUT2D eigenvalue weighted by Crippen LogP contribution is -2.42. The minimum absolute atomic E-state index is 0.0966. The van der Waals surface area contributed by atoms with Crippen LogP contribution in [0.25, 0.3) is 10.9 Å². The summed E-state index contributed by atoms with van der Waals surface area (Å²) in [4.78, 5) is 16.2. The van der Waals surface area contributed by atoms with Gasteiger partial charge in [-0.25, -0.2) is 10.4 Å². The van der Waals surface area contributed by atoms with E-state index in [1.165, 1.54) is 6.21 Å². The zero-order valence-electron chi connectivity index (χ0n) is 13.5. The van der Waals surface area contributed by atoms with Crippen molar-refractivity contribution in [3.05, 3.63) is 40.5 Å². The Morgan fingerprint density at radius 2 is 2.22 bits per heavy atom. The van der Waals surface area contributed by atoms with Crippen LogP contribution in [0.2, 0.25) is 5.15 Å². The van der Waals surface area contributed by atoms with E-state index < -0.39 is 6.04 Å². The van der Waals surface area contributed by atoms with Crippen molar-refractivity contribution in [2.24, 2.45) is 16.8 Å². The first-order valence-corrected chi connectivity index (χ1v) is 7.95. The number of amides is 1. The quantitative estimate of drug-likeness (QED) is 0.501. The van der Waals surface area contributed by atoms with Crippen LogP contribution < -0.4 is 11.2 Å². The molecule has 2 aromatic rings. The average Bonchev–Trinajstić information content (AvgIpc) is 2.53. The maximum Gasteiger partial charge on any atom is 0.257 e. The van der Waals surface area contributed by atoms with Gasteiger partial charge in [0.15, 0.2) is 0 Å². The molecule has 1 heterocycles. The van der Waals surface area contributed by atoms with Gasteiger partial charge in [-0.15, -0.1) is 0 Å². The topological polar surface area (TPSA) is 80.4 Å². The Balaban J connectivity index is 2.13. The number of benzene rings is 1. The third-order valence-electron chi connectivity index (χ3n) is 3.89. The Labute approximate surface area is 140 Å². The van der Waals surface area contributed by atoms with E-state index in [9.17, 15) is 4.79 Å². The van der Waals surface area contributed by atoms with Gasteiger partial charge in [0, 0.05) is 10.9 Å². The van der Waals surface area contributed by atoms with Crippen LogP contribution in [-0.2, 0) is 4.79 Å². The molecule has 0 bridgehead atoms. The van der Waals surface area contributed by atoms with Crippen LogP contribution in [0.3, 0.4) is 0 Å². The molecule has 122 valence electrons. The number of pyridine rings is 1. The number of nitrogens with one attached hydrogen (secondary N) is 1. The molecule has 2 unspecified atom stereocenters. The van der Waals surface area contributed by atoms with Gasteiger partial charge in [-0.05, 0) is 30.5 Å². The fraction of sp³-hybridized carbons (Fsp3) is 0.353. The Kier molecular flexibility index (Phi) is 5.69. The van der Waals surface area contributed by atoms with Crippen LogP contribution in [0.4, 0.5) is 0 Å². The van der Waals surface area contributed by atoms with E-state index in [0.29, 0.717) is 10.7 Å². The van der Waals surface area contributed by atoms with Crippen molar-refractivity contribution in [3.63, 3.8) is 0 Å². The number of aryl methyl sites for hydroxylation is 1. The van der Waals surface area contributed by atoms with Gasteiger partial charge in [0.2, 0.25) is 0 Å². The third kappa shape index (κ3) is 4.27. The first kappa shape index (κ1) is 17.4. The highest BCUT2D eigenvalue weighted by Gasteiger charge is 2.18. The predicted octanol–water partition coefficient (Wildman–Crippen LogP) is 3.02. The number of nitrogens with zero attached hydrogens (tertiary/aromatic N) is 2. The average molecular weight is 333 g/mol. The molecule has 3 N–H and O–H groups in total. The third-order valence-corrected chi connectivity index (χ3v) is 4.19. The van der Waals surface area contributed by atoms with Crippen molar-refractivity contribution in [3.8, 4) is 0 Å². The molecule has 2 rings (SSSR count). The maximum atomic E-state index is 11.9. The molecule has 0 aliphatic heterocycles. The van der Waals surface area contributed by atoms with Gasteiger partial charge in [-0.3, -0.25) is 4.79 Å². The number of hydrazone groups is 1. The van der Waals surface area contributed by atoms with Crippen molar-refractivity contribution in [2.45, 2.75) is 33.2 Å².